The van der Waals surface area contributed by atoms with Gasteiger partial charge in [-0.25, -0.2) is 5.84 Å². The zero-order valence-electron chi connectivity index (χ0n) is 19.6. The van der Waals surface area contributed by atoms with Gasteiger partial charge in [0.05, 0.1) is 11.3 Å². The van der Waals surface area contributed by atoms with Gasteiger partial charge in [0.15, 0.2) is 0 Å². The molecule has 2 aliphatic carbocycles. The van der Waals surface area contributed by atoms with Gasteiger partial charge in [0.25, 0.3) is 0 Å². The molecular formula is C24H42N3O2Se. The Morgan fingerprint density at radius 1 is 1.17 bits per heavy atom. The van der Waals surface area contributed by atoms with Crippen molar-refractivity contribution in [1.82, 2.24) is 5.01 Å². The van der Waals surface area contributed by atoms with Crippen molar-refractivity contribution in [2.45, 2.75) is 90.6 Å². The van der Waals surface area contributed by atoms with Crippen LogP contribution in [0.2, 0.25) is 5.82 Å². The average molecular weight is 484 g/mol. The van der Waals surface area contributed by atoms with Crippen LogP contribution in [0.25, 0.3) is 5.70 Å². The van der Waals surface area contributed by atoms with Gasteiger partial charge in [0, 0.05) is 25.1 Å². The molecule has 6 heteroatoms. The van der Waals surface area contributed by atoms with E-state index in [0.29, 0.717) is 18.5 Å². The van der Waals surface area contributed by atoms with E-state index in [9.17, 15) is 9.90 Å². The number of hydrogen-bond donors (Lipinski definition) is 3. The van der Waals surface area contributed by atoms with Crippen molar-refractivity contribution >= 4 is 27.5 Å². The number of hydrogen-bond acceptors (Lipinski definition) is 5. The Balaban J connectivity index is 0.00000129. The van der Waals surface area contributed by atoms with Gasteiger partial charge in [0.1, 0.15) is 5.78 Å². The Morgan fingerprint density at radius 2 is 1.73 bits per heavy atom. The van der Waals surface area contributed by atoms with Crippen LogP contribution >= 0.6 is 0 Å². The first kappa shape index (κ1) is 28.7. The minimum absolute atomic E-state index is 0.0174. The third kappa shape index (κ3) is 7.12. The van der Waals surface area contributed by atoms with Crippen LogP contribution in [-0.2, 0) is 4.79 Å². The average Bonchev–Trinajstić information content (AvgIpc) is 2.78. The molecular weight excluding hydrogens is 441 g/mol. The number of hydrazine groups is 1. The SMILES string of the molecule is CC.CC.C[C@@]12CCC(=O)C[C@]1(O)CC(N(N)/C=C(\N)c1ccccc1)CC2.C[Se]. The summed E-state index contributed by atoms with van der Waals surface area (Å²) in [5.74, 6) is 8.25. The molecule has 5 N–H and O–H groups in total. The molecule has 1 radical (unpaired) electrons. The molecule has 0 bridgehead atoms. The van der Waals surface area contributed by atoms with E-state index in [-0.39, 0.29) is 23.7 Å². The predicted molar refractivity (Wildman–Crippen MR) is 129 cm³/mol. The first-order chi connectivity index (χ1) is 14.3. The first-order valence-electron chi connectivity index (χ1n) is 11.0. The topological polar surface area (TPSA) is 92.6 Å². The van der Waals surface area contributed by atoms with E-state index in [1.165, 1.54) is 0 Å². The van der Waals surface area contributed by atoms with E-state index in [1.807, 2.05) is 63.8 Å². The van der Waals surface area contributed by atoms with E-state index in [2.05, 4.69) is 22.9 Å². The Kier molecular flexibility index (Phi) is 13.3. The van der Waals surface area contributed by atoms with E-state index in [4.69, 9.17) is 11.6 Å². The molecule has 1 aromatic rings. The van der Waals surface area contributed by atoms with Crippen molar-refractivity contribution in [3.05, 3.63) is 42.1 Å². The fourth-order valence-corrected chi connectivity index (χ4v) is 4.15. The van der Waals surface area contributed by atoms with Crippen LogP contribution in [-0.4, -0.2) is 43.6 Å². The van der Waals surface area contributed by atoms with Gasteiger partial charge in [-0.05, 0) is 36.7 Å². The number of carbonyl (C=O) groups is 1. The molecule has 0 aromatic heterocycles. The molecule has 0 aliphatic heterocycles. The molecule has 0 amide bonds. The standard InChI is InChI=1S/C19H27N3O2.2C2H6.CH3Se/c1-18-9-7-15(11-19(18,24)12-16(23)8-10-18)22(21)13-17(20)14-5-3-2-4-6-14;3*1-2/h2-6,13,15,24H,7-12,20-21H2,1H3;2*1-2H3;1H3/b17-13-;;;/t15?,18-,19-;;;/m1.../s1. The van der Waals surface area contributed by atoms with Crippen LogP contribution in [0.3, 0.4) is 0 Å². The van der Waals surface area contributed by atoms with Gasteiger partial charge in [0.2, 0.25) is 0 Å². The van der Waals surface area contributed by atoms with Crippen LogP contribution in [0.15, 0.2) is 36.5 Å². The molecule has 1 aromatic carbocycles. The summed E-state index contributed by atoms with van der Waals surface area (Å²) in [4.78, 5) is 11.9. The predicted octanol–water partition coefficient (Wildman–Crippen LogP) is 4.42. The van der Waals surface area contributed by atoms with E-state index < -0.39 is 5.60 Å². The van der Waals surface area contributed by atoms with E-state index >= 15 is 0 Å². The zero-order valence-corrected chi connectivity index (χ0v) is 21.4. The number of nitrogens with two attached hydrogens (primary N) is 2. The summed E-state index contributed by atoms with van der Waals surface area (Å²) in [5.41, 5.74) is 6.50. The van der Waals surface area contributed by atoms with Gasteiger partial charge in [-0.3, -0.25) is 4.79 Å². The quantitative estimate of drug-likeness (QED) is 0.336. The number of aliphatic hydroxyl groups is 1. The Hall–Kier alpha value is -1.33. The normalized spacial score (nSPS) is 27.7. The molecule has 30 heavy (non-hydrogen) atoms. The fraction of sp³-hybridized carbons (Fsp3) is 0.625. The number of ketones is 1. The molecule has 3 rings (SSSR count). The van der Waals surface area contributed by atoms with Gasteiger partial charge in [-0.15, -0.1) is 0 Å². The van der Waals surface area contributed by atoms with Crippen LogP contribution < -0.4 is 11.6 Å². The van der Waals surface area contributed by atoms with Gasteiger partial charge in [-0.2, -0.15) is 0 Å². The van der Waals surface area contributed by atoms with Crippen LogP contribution in [0.1, 0.15) is 78.7 Å². The second-order valence-corrected chi connectivity index (χ2v) is 7.60. The van der Waals surface area contributed by atoms with Crippen LogP contribution in [0.5, 0.6) is 0 Å². The van der Waals surface area contributed by atoms with Crippen molar-refractivity contribution < 1.29 is 9.90 Å². The number of rotatable bonds is 3. The molecule has 3 atom stereocenters. The number of carbonyl (C=O) groups excluding carboxylic acids is 1. The van der Waals surface area contributed by atoms with Crippen molar-refractivity contribution in [1.29, 1.82) is 0 Å². The second-order valence-electron chi connectivity index (χ2n) is 7.60. The molecule has 1 unspecified atom stereocenters. The van der Waals surface area contributed by atoms with Crippen molar-refractivity contribution in [3.8, 4) is 0 Å². The number of fused-ring (bicyclic) bond motifs is 1. The summed E-state index contributed by atoms with van der Waals surface area (Å²) >= 11 is 2.62. The molecule has 0 heterocycles. The molecule has 171 valence electrons. The van der Waals surface area contributed by atoms with E-state index in [1.54, 1.807) is 11.2 Å². The van der Waals surface area contributed by atoms with Crippen molar-refractivity contribution in [3.63, 3.8) is 0 Å². The van der Waals surface area contributed by atoms with Gasteiger partial charge in [-0.1, -0.05) is 65.0 Å². The molecule has 2 saturated carbocycles. The molecule has 5 nitrogen and oxygen atoms in total. The van der Waals surface area contributed by atoms with Crippen LogP contribution in [0.4, 0.5) is 0 Å². The second kappa shape index (κ2) is 13.9. The summed E-state index contributed by atoms with van der Waals surface area (Å²) in [5, 5.41) is 12.7. The number of Topliss-reactive ketones (excluding diaryl/α,β-unsaturated/α-hetero) is 1. The first-order valence-corrected chi connectivity index (χ1v) is 12.7. The zero-order chi connectivity index (χ0) is 23.4. The maximum absolute atomic E-state index is 11.9. The summed E-state index contributed by atoms with van der Waals surface area (Å²) < 4.78 is 0. The van der Waals surface area contributed by atoms with Crippen molar-refractivity contribution in [2.24, 2.45) is 17.0 Å². The van der Waals surface area contributed by atoms with Crippen LogP contribution in [0, 0.1) is 5.41 Å². The Bertz CT molecular complexity index is 653. The summed E-state index contributed by atoms with van der Waals surface area (Å²) in [7, 11) is 0. The third-order valence-electron chi connectivity index (χ3n) is 5.99. The molecule has 0 spiro atoms. The summed E-state index contributed by atoms with van der Waals surface area (Å²) in [6, 6.07) is 9.65. The van der Waals surface area contributed by atoms with Gasteiger partial charge < -0.3 is 15.8 Å². The monoisotopic (exact) mass is 484 g/mol. The fourth-order valence-electron chi connectivity index (χ4n) is 4.15. The summed E-state index contributed by atoms with van der Waals surface area (Å²) in [6.45, 7) is 10.1. The van der Waals surface area contributed by atoms with Gasteiger partial charge >= 0.3 is 21.8 Å². The number of nitrogens with zero attached hydrogens (tertiary/aromatic N) is 1. The minimum atomic E-state index is -0.960. The molecule has 2 aliphatic rings. The van der Waals surface area contributed by atoms with E-state index in [0.717, 1.165) is 24.8 Å². The summed E-state index contributed by atoms with van der Waals surface area (Å²) in [6.07, 6.45) is 5.58. The molecule has 2 fully saturated rings. The Morgan fingerprint density at radius 3 is 2.30 bits per heavy atom. The molecule has 0 saturated heterocycles. The maximum atomic E-state index is 11.9. The third-order valence-corrected chi connectivity index (χ3v) is 5.99. The Labute approximate surface area is 192 Å². The van der Waals surface area contributed by atoms with Crippen molar-refractivity contribution in [2.75, 3.05) is 0 Å². The number of benzene rings is 1.